The van der Waals surface area contributed by atoms with Gasteiger partial charge in [0.05, 0.1) is 18.0 Å². The molecule has 0 amide bonds. The minimum Gasteiger partial charge on any atom is -0.481 e. The van der Waals surface area contributed by atoms with Crippen LogP contribution in [0.5, 0.6) is 0 Å². The number of carboxylic acids is 1. The lowest BCUT2D eigenvalue weighted by Gasteiger charge is -2.28. The van der Waals surface area contributed by atoms with Crippen molar-refractivity contribution in [2.24, 2.45) is 5.41 Å². The molecule has 0 spiro atoms. The van der Waals surface area contributed by atoms with E-state index in [9.17, 15) is 9.90 Å². The van der Waals surface area contributed by atoms with E-state index in [-0.39, 0.29) is 12.0 Å². The molecule has 1 unspecified atom stereocenters. The summed E-state index contributed by atoms with van der Waals surface area (Å²) in [6, 6.07) is 0. The number of aromatic nitrogens is 2. The van der Waals surface area contributed by atoms with Gasteiger partial charge in [-0.3, -0.25) is 14.8 Å². The average molecular weight is 369 g/mol. The van der Waals surface area contributed by atoms with Crippen LogP contribution in [0.4, 0.5) is 0 Å². The Kier molecular flexibility index (Phi) is 8.86. The summed E-state index contributed by atoms with van der Waals surface area (Å²) < 4.78 is 0. The number of aliphatic carboxylic acids is 1. The summed E-state index contributed by atoms with van der Waals surface area (Å²) in [6.45, 7) is 8.41. The Morgan fingerprint density at radius 3 is 2.56 bits per heavy atom. The lowest BCUT2D eigenvalue weighted by atomic mass is 9.79. The van der Waals surface area contributed by atoms with E-state index in [0.29, 0.717) is 12.1 Å². The molecule has 1 aromatic heterocycles. The minimum absolute atomic E-state index is 0.120. The molecule has 0 aliphatic rings. The number of rotatable bonds is 12. The molecule has 0 aliphatic carbocycles. The van der Waals surface area contributed by atoms with Gasteiger partial charge in [0.1, 0.15) is 5.41 Å². The largest absolute Gasteiger partial charge is 0.481 e. The van der Waals surface area contributed by atoms with E-state index < -0.39 is 11.4 Å². The monoisotopic (exact) mass is 368 g/mol. The van der Waals surface area contributed by atoms with E-state index in [1.807, 2.05) is 0 Å². The van der Waals surface area contributed by atoms with Crippen molar-refractivity contribution in [2.45, 2.75) is 65.2 Å². The zero-order chi connectivity index (χ0) is 18.9. The molecule has 0 bridgehead atoms. The first-order valence-corrected chi connectivity index (χ1v) is 10.1. The molecular formula is C19H32N2O3S. The van der Waals surface area contributed by atoms with Gasteiger partial charge in [0.2, 0.25) is 0 Å². The van der Waals surface area contributed by atoms with Gasteiger partial charge in [-0.2, -0.15) is 11.8 Å². The van der Waals surface area contributed by atoms with Gasteiger partial charge >= 0.3 is 5.97 Å². The second-order valence-electron chi connectivity index (χ2n) is 7.58. The molecule has 25 heavy (non-hydrogen) atoms. The third-order valence-corrected chi connectivity index (χ3v) is 5.94. The highest BCUT2D eigenvalue weighted by molar-refractivity contribution is 7.99. The zero-order valence-electron chi connectivity index (χ0n) is 15.9. The number of thioether (sulfide) groups is 1. The van der Waals surface area contributed by atoms with E-state index >= 15 is 0 Å². The second kappa shape index (κ2) is 10.1. The fraction of sp³-hybridized carbons (Fsp3) is 0.737. The first-order chi connectivity index (χ1) is 11.7. The van der Waals surface area contributed by atoms with Gasteiger partial charge in [-0.05, 0) is 37.4 Å². The molecule has 0 fully saturated rings. The third kappa shape index (κ3) is 6.94. The maximum Gasteiger partial charge on any atom is 0.315 e. The molecule has 1 atom stereocenters. The summed E-state index contributed by atoms with van der Waals surface area (Å²) in [4.78, 5) is 20.7. The summed E-state index contributed by atoms with van der Waals surface area (Å²) in [7, 11) is 0. The Bertz CT molecular complexity index is 551. The second-order valence-corrected chi connectivity index (χ2v) is 8.68. The number of carboxylic acid groups (broad SMARTS) is 1. The topological polar surface area (TPSA) is 83.3 Å². The number of aliphatic hydroxyl groups is 1. The van der Waals surface area contributed by atoms with E-state index in [1.54, 1.807) is 31.1 Å². The molecule has 0 saturated carbocycles. The average Bonchev–Trinajstić information content (AvgIpc) is 2.55. The van der Waals surface area contributed by atoms with Crippen molar-refractivity contribution in [3.8, 4) is 0 Å². The molecule has 5 nitrogen and oxygen atoms in total. The van der Waals surface area contributed by atoms with E-state index in [4.69, 9.17) is 5.11 Å². The van der Waals surface area contributed by atoms with Crippen LogP contribution in [0.2, 0.25) is 0 Å². The zero-order valence-corrected chi connectivity index (χ0v) is 16.7. The molecule has 0 aliphatic heterocycles. The molecule has 6 heteroatoms. The van der Waals surface area contributed by atoms with Crippen LogP contribution in [0.1, 0.15) is 64.8 Å². The lowest BCUT2D eigenvalue weighted by molar-refractivity contribution is -0.143. The Labute approximate surface area is 155 Å². The van der Waals surface area contributed by atoms with Gasteiger partial charge in [0, 0.05) is 18.1 Å². The molecular weight excluding hydrogens is 336 g/mol. The molecule has 1 rings (SSSR count). The van der Waals surface area contributed by atoms with E-state index in [1.165, 1.54) is 0 Å². The Hall–Kier alpha value is -1.14. The van der Waals surface area contributed by atoms with Crippen molar-refractivity contribution in [3.63, 3.8) is 0 Å². The van der Waals surface area contributed by atoms with Crippen molar-refractivity contribution in [1.82, 2.24) is 9.97 Å². The van der Waals surface area contributed by atoms with Gasteiger partial charge in [-0.15, -0.1) is 0 Å². The van der Waals surface area contributed by atoms with Gasteiger partial charge in [-0.25, -0.2) is 0 Å². The normalized spacial score (nSPS) is 14.3. The molecule has 1 heterocycles. The number of hydrogen-bond acceptors (Lipinski definition) is 5. The smallest absolute Gasteiger partial charge is 0.315 e. The maximum absolute atomic E-state index is 12.0. The van der Waals surface area contributed by atoms with Crippen LogP contribution in [-0.4, -0.2) is 44.3 Å². The Balaban J connectivity index is 2.76. The third-order valence-electron chi connectivity index (χ3n) is 4.49. The van der Waals surface area contributed by atoms with E-state index in [0.717, 1.165) is 42.9 Å². The lowest BCUT2D eigenvalue weighted by Crippen LogP contribution is -2.34. The maximum atomic E-state index is 12.0. The quantitative estimate of drug-likeness (QED) is 0.547. The molecule has 0 radical (unpaired) electrons. The Morgan fingerprint density at radius 1 is 1.24 bits per heavy atom. The highest BCUT2D eigenvalue weighted by Gasteiger charge is 2.37. The van der Waals surface area contributed by atoms with Gasteiger partial charge in [0.15, 0.2) is 0 Å². The first kappa shape index (κ1) is 21.9. The fourth-order valence-electron chi connectivity index (χ4n) is 2.80. The van der Waals surface area contributed by atoms with Crippen LogP contribution in [0.15, 0.2) is 12.4 Å². The van der Waals surface area contributed by atoms with Crippen LogP contribution in [0.25, 0.3) is 0 Å². The highest BCUT2D eigenvalue weighted by Crippen LogP contribution is 2.33. The van der Waals surface area contributed by atoms with Crippen molar-refractivity contribution < 1.29 is 15.0 Å². The first-order valence-electron chi connectivity index (χ1n) is 8.98. The number of aliphatic hydroxyl groups excluding tert-OH is 1. The standard InChI is InChI=1S/C19H32N2O3S/c1-5-7-15-12-20-13-16(21-15)19(4,17(23)24)9-6-8-18(2,3)14-25-11-10-22/h12-13,22H,5-11,14H2,1-4H3,(H,23,24). The molecule has 0 saturated heterocycles. The van der Waals surface area contributed by atoms with Crippen LogP contribution >= 0.6 is 11.8 Å². The fourth-order valence-corrected chi connectivity index (χ4v) is 3.77. The van der Waals surface area contributed by atoms with Crippen LogP contribution in [-0.2, 0) is 16.6 Å². The van der Waals surface area contributed by atoms with Crippen LogP contribution < -0.4 is 0 Å². The number of hydrogen-bond donors (Lipinski definition) is 2. The van der Waals surface area contributed by atoms with Crippen molar-refractivity contribution >= 4 is 17.7 Å². The van der Waals surface area contributed by atoms with Gasteiger partial charge < -0.3 is 10.2 Å². The molecule has 0 aromatic carbocycles. The molecule has 1 aromatic rings. The summed E-state index contributed by atoms with van der Waals surface area (Å²) in [5.74, 6) is 0.863. The summed E-state index contributed by atoms with van der Waals surface area (Å²) in [6.07, 6.45) is 7.38. The number of carbonyl (C=O) groups is 1. The molecule has 142 valence electrons. The predicted octanol–water partition coefficient (Wildman–Crippen LogP) is 3.69. The van der Waals surface area contributed by atoms with Crippen molar-refractivity contribution in [3.05, 3.63) is 23.8 Å². The Morgan fingerprint density at radius 2 is 1.96 bits per heavy atom. The summed E-state index contributed by atoms with van der Waals surface area (Å²) >= 11 is 1.74. The summed E-state index contributed by atoms with van der Waals surface area (Å²) in [5.41, 5.74) is 0.520. The predicted molar refractivity (Wildman–Crippen MR) is 103 cm³/mol. The van der Waals surface area contributed by atoms with Gasteiger partial charge in [0.25, 0.3) is 0 Å². The van der Waals surface area contributed by atoms with Crippen LogP contribution in [0, 0.1) is 5.41 Å². The van der Waals surface area contributed by atoms with Crippen molar-refractivity contribution in [2.75, 3.05) is 18.1 Å². The molecule has 2 N–H and O–H groups in total. The van der Waals surface area contributed by atoms with Crippen LogP contribution in [0.3, 0.4) is 0 Å². The highest BCUT2D eigenvalue weighted by atomic mass is 32.2. The van der Waals surface area contributed by atoms with Crippen molar-refractivity contribution in [1.29, 1.82) is 0 Å². The SMILES string of the molecule is CCCc1cncc(C(C)(CCCC(C)(C)CSCCO)C(=O)O)n1. The van der Waals surface area contributed by atoms with Gasteiger partial charge in [-0.1, -0.05) is 33.6 Å². The number of aryl methyl sites for hydroxylation is 1. The summed E-state index contributed by atoms with van der Waals surface area (Å²) in [5, 5.41) is 18.7. The van der Waals surface area contributed by atoms with E-state index in [2.05, 4.69) is 30.7 Å². The number of nitrogens with zero attached hydrogens (tertiary/aromatic N) is 2. The minimum atomic E-state index is -1.01.